The van der Waals surface area contributed by atoms with E-state index < -0.39 is 5.60 Å². The molecule has 1 aliphatic heterocycles. The van der Waals surface area contributed by atoms with Crippen LogP contribution in [0.3, 0.4) is 0 Å². The van der Waals surface area contributed by atoms with Crippen molar-refractivity contribution in [1.82, 2.24) is 0 Å². The van der Waals surface area contributed by atoms with Gasteiger partial charge >= 0.3 is 147 Å². The third-order valence-corrected chi connectivity index (χ3v) is 6.89. The van der Waals surface area contributed by atoms with Gasteiger partial charge in [0.05, 0.1) is 0 Å². The van der Waals surface area contributed by atoms with Crippen molar-refractivity contribution in [2.24, 2.45) is 0 Å². The number of hydrogen-bond donors (Lipinski definition) is 0. The number of ether oxygens (including phenoxy) is 1. The van der Waals surface area contributed by atoms with Crippen molar-refractivity contribution in [3.05, 3.63) is 95.8 Å². The van der Waals surface area contributed by atoms with Crippen LogP contribution in [0.15, 0.2) is 78.9 Å². The van der Waals surface area contributed by atoms with E-state index in [4.69, 9.17) is 4.74 Å². The maximum absolute atomic E-state index is 13.4. The summed E-state index contributed by atoms with van der Waals surface area (Å²) in [6, 6.07) is 25.5. The van der Waals surface area contributed by atoms with Crippen LogP contribution in [-0.2, 0) is 12.0 Å². The van der Waals surface area contributed by atoms with Crippen LogP contribution in [0.2, 0.25) is 5.32 Å². The van der Waals surface area contributed by atoms with Crippen LogP contribution in [0.4, 0.5) is 4.39 Å². The third kappa shape index (κ3) is 2.98. The fourth-order valence-electron chi connectivity index (χ4n) is 3.10. The fourth-order valence-corrected chi connectivity index (χ4v) is 5.36. The molecule has 0 radical (unpaired) electrons. The van der Waals surface area contributed by atoms with Gasteiger partial charge in [0.25, 0.3) is 0 Å². The standard InChI is InChI=1S/C21H17FOSe/c22-18-12-10-17(11-13-18)21(15-24-19-7-2-1-3-8-19)14-16-6-4-5-9-20(16)23-21/h1-13H,14-15H2. The molecule has 1 unspecified atom stereocenters. The normalized spacial score (nSPS) is 18.9. The van der Waals surface area contributed by atoms with Gasteiger partial charge in [-0.25, -0.2) is 0 Å². The second-order valence-corrected chi connectivity index (χ2v) is 8.19. The molecule has 0 aromatic heterocycles. The average Bonchev–Trinajstić information content (AvgIpc) is 3.01. The van der Waals surface area contributed by atoms with Gasteiger partial charge in [0.15, 0.2) is 0 Å². The van der Waals surface area contributed by atoms with E-state index >= 15 is 0 Å². The van der Waals surface area contributed by atoms with Crippen molar-refractivity contribution in [2.75, 3.05) is 0 Å². The Morgan fingerprint density at radius 2 is 1.58 bits per heavy atom. The second kappa shape index (κ2) is 6.43. The molecule has 4 rings (SSSR count). The Morgan fingerprint density at radius 3 is 2.33 bits per heavy atom. The summed E-state index contributed by atoms with van der Waals surface area (Å²) >= 11 is 0.289. The summed E-state index contributed by atoms with van der Waals surface area (Å²) in [6.45, 7) is 0. The molecule has 0 saturated carbocycles. The van der Waals surface area contributed by atoms with Crippen LogP contribution >= 0.6 is 0 Å². The van der Waals surface area contributed by atoms with Crippen molar-refractivity contribution >= 4 is 19.4 Å². The summed E-state index contributed by atoms with van der Waals surface area (Å²) in [5.74, 6) is 0.740. The molecule has 0 fully saturated rings. The monoisotopic (exact) mass is 384 g/mol. The summed E-state index contributed by atoms with van der Waals surface area (Å²) in [4.78, 5) is 0. The zero-order valence-corrected chi connectivity index (χ0v) is 14.8. The molecule has 0 bridgehead atoms. The Labute approximate surface area is 147 Å². The van der Waals surface area contributed by atoms with Crippen LogP contribution in [0.1, 0.15) is 11.1 Å². The Balaban J connectivity index is 1.67. The first kappa shape index (κ1) is 15.4. The van der Waals surface area contributed by atoms with E-state index in [-0.39, 0.29) is 20.8 Å². The van der Waals surface area contributed by atoms with Crippen LogP contribution in [-0.4, -0.2) is 15.0 Å². The van der Waals surface area contributed by atoms with E-state index in [2.05, 4.69) is 30.3 Å². The van der Waals surface area contributed by atoms with Gasteiger partial charge in [-0.05, 0) is 0 Å². The molecule has 0 spiro atoms. The molecule has 3 heteroatoms. The summed E-state index contributed by atoms with van der Waals surface area (Å²) in [7, 11) is 0. The quantitative estimate of drug-likeness (QED) is 0.617. The minimum absolute atomic E-state index is 0.210. The zero-order valence-electron chi connectivity index (χ0n) is 13.1. The third-order valence-electron chi connectivity index (χ3n) is 4.34. The number of halogens is 1. The van der Waals surface area contributed by atoms with Crippen LogP contribution in [0.25, 0.3) is 0 Å². The van der Waals surface area contributed by atoms with Crippen molar-refractivity contribution in [3.8, 4) is 5.75 Å². The molecule has 1 heterocycles. The fraction of sp³-hybridized carbons (Fsp3) is 0.143. The summed E-state index contributed by atoms with van der Waals surface area (Å²) in [6.07, 6.45) is 0.837. The Bertz CT molecular complexity index is 805. The van der Waals surface area contributed by atoms with Crippen LogP contribution in [0.5, 0.6) is 5.75 Å². The summed E-state index contributed by atoms with van der Waals surface area (Å²) in [5.41, 5.74) is 1.89. The van der Waals surface area contributed by atoms with Crippen molar-refractivity contribution in [3.63, 3.8) is 0 Å². The van der Waals surface area contributed by atoms with Gasteiger partial charge in [0.1, 0.15) is 0 Å². The molecule has 0 N–H and O–H groups in total. The predicted octanol–water partition coefficient (Wildman–Crippen LogP) is 4.10. The number of benzene rings is 3. The zero-order chi connectivity index (χ0) is 16.4. The Kier molecular flexibility index (Phi) is 4.13. The molecule has 120 valence electrons. The van der Waals surface area contributed by atoms with Gasteiger partial charge in [0, 0.05) is 0 Å². The number of rotatable bonds is 4. The van der Waals surface area contributed by atoms with Crippen molar-refractivity contribution in [2.45, 2.75) is 17.3 Å². The number of para-hydroxylation sites is 1. The van der Waals surface area contributed by atoms with Gasteiger partial charge in [-0.15, -0.1) is 0 Å². The molecule has 0 saturated heterocycles. The van der Waals surface area contributed by atoms with Crippen molar-refractivity contribution < 1.29 is 9.13 Å². The predicted molar refractivity (Wildman–Crippen MR) is 95.5 cm³/mol. The first-order valence-electron chi connectivity index (χ1n) is 7.96. The topological polar surface area (TPSA) is 9.23 Å². The molecular weight excluding hydrogens is 366 g/mol. The molecule has 0 amide bonds. The summed E-state index contributed by atoms with van der Waals surface area (Å²) < 4.78 is 21.2. The molecule has 1 atom stereocenters. The Morgan fingerprint density at radius 1 is 0.875 bits per heavy atom. The van der Waals surface area contributed by atoms with E-state index in [1.807, 2.05) is 36.4 Å². The SMILES string of the molecule is Fc1ccc(C2(C[Se]c3ccccc3)Cc3ccccc3O2)cc1. The summed E-state index contributed by atoms with van der Waals surface area (Å²) in [5, 5.41) is 0.921. The molecule has 3 aromatic carbocycles. The molecule has 1 nitrogen and oxygen atoms in total. The molecule has 24 heavy (non-hydrogen) atoms. The first-order valence-corrected chi connectivity index (χ1v) is 10.0. The second-order valence-electron chi connectivity index (χ2n) is 5.99. The molecule has 0 aliphatic carbocycles. The van der Waals surface area contributed by atoms with Gasteiger partial charge in [-0.1, -0.05) is 0 Å². The maximum atomic E-state index is 13.4. The average molecular weight is 383 g/mol. The van der Waals surface area contributed by atoms with E-state index in [9.17, 15) is 4.39 Å². The van der Waals surface area contributed by atoms with Crippen molar-refractivity contribution in [1.29, 1.82) is 0 Å². The van der Waals surface area contributed by atoms with E-state index in [1.54, 1.807) is 0 Å². The van der Waals surface area contributed by atoms with Gasteiger partial charge in [-0.2, -0.15) is 0 Å². The molecule has 1 aliphatic rings. The van der Waals surface area contributed by atoms with E-state index in [1.165, 1.54) is 22.2 Å². The first-order chi connectivity index (χ1) is 11.8. The number of fused-ring (bicyclic) bond motifs is 1. The number of hydrogen-bond acceptors (Lipinski definition) is 1. The van der Waals surface area contributed by atoms with E-state index in [0.717, 1.165) is 23.1 Å². The minimum atomic E-state index is -0.396. The van der Waals surface area contributed by atoms with E-state index in [0.29, 0.717) is 0 Å². The van der Waals surface area contributed by atoms with Gasteiger partial charge in [-0.3, -0.25) is 0 Å². The van der Waals surface area contributed by atoms with Gasteiger partial charge in [0.2, 0.25) is 0 Å². The Hall–Kier alpha value is -2.09. The van der Waals surface area contributed by atoms with Crippen LogP contribution in [0, 0.1) is 5.82 Å². The molecule has 3 aromatic rings. The van der Waals surface area contributed by atoms with Gasteiger partial charge < -0.3 is 0 Å². The van der Waals surface area contributed by atoms with Crippen LogP contribution < -0.4 is 9.20 Å². The molecular formula is C21H17FOSe.